The summed E-state index contributed by atoms with van der Waals surface area (Å²) < 4.78 is 61.2. The molecule has 5 nitrogen and oxygen atoms in total. The van der Waals surface area contributed by atoms with Crippen molar-refractivity contribution in [2.75, 3.05) is 12.8 Å². The fraction of sp³-hybridized carbons (Fsp3) is 0.520. The number of alkyl halides is 5. The minimum atomic E-state index is -4.46. The van der Waals surface area contributed by atoms with Crippen molar-refractivity contribution < 1.29 is 22.0 Å². The van der Waals surface area contributed by atoms with Crippen LogP contribution in [0.15, 0.2) is 23.9 Å². The maximum atomic E-state index is 12.5. The van der Waals surface area contributed by atoms with Crippen LogP contribution >= 0.6 is 11.6 Å². The Balaban J connectivity index is 0.000000523. The van der Waals surface area contributed by atoms with Crippen molar-refractivity contribution >= 4 is 29.4 Å². The molecule has 5 N–H and O–H groups in total. The maximum absolute atomic E-state index is 12.5. The molecule has 4 rings (SSSR count). The number of anilines is 1. The van der Waals surface area contributed by atoms with E-state index in [1.807, 2.05) is 13.8 Å². The van der Waals surface area contributed by atoms with Crippen LogP contribution in [0.1, 0.15) is 93.4 Å². The van der Waals surface area contributed by atoms with E-state index < -0.39 is 18.3 Å². The second kappa shape index (κ2) is 17.9. The normalized spacial score (nSPS) is 14.1. The van der Waals surface area contributed by atoms with Crippen molar-refractivity contribution in [1.29, 1.82) is 0 Å². The molecule has 2 aromatic rings. The largest absolute Gasteiger partial charge is 0.433 e. The first-order valence-electron chi connectivity index (χ1n) is 11.9. The van der Waals surface area contributed by atoms with E-state index in [9.17, 15) is 22.0 Å². The Morgan fingerprint density at radius 3 is 2.00 bits per heavy atom. The molecule has 2 aromatic heterocycles. The first-order valence-corrected chi connectivity index (χ1v) is 12.3. The van der Waals surface area contributed by atoms with Crippen LogP contribution in [0.5, 0.6) is 0 Å². The van der Waals surface area contributed by atoms with E-state index in [-0.39, 0.29) is 11.4 Å². The van der Waals surface area contributed by atoms with Gasteiger partial charge in [-0.25, -0.2) is 13.8 Å². The lowest BCUT2D eigenvalue weighted by Gasteiger charge is -2.16. The van der Waals surface area contributed by atoms with E-state index in [2.05, 4.69) is 27.5 Å². The van der Waals surface area contributed by atoms with Crippen LogP contribution in [0, 0.1) is 0 Å². The summed E-state index contributed by atoms with van der Waals surface area (Å²) in [6.07, 6.45) is 7.15. The molecule has 2 aliphatic carbocycles. The minimum Gasteiger partial charge on any atom is -0.398 e. The monoisotopic (exact) mass is 537 g/mol. The number of aromatic nitrogens is 3. The highest BCUT2D eigenvalue weighted by atomic mass is 35.5. The average Bonchev–Trinajstić information content (AvgIpc) is 3.38. The molecular formula is C25H37ClF5N5. The molecule has 0 saturated heterocycles. The number of aryl methyl sites for hydroxylation is 1. The standard InChI is InChI=1S/C10H8ClF3N2.C6H6F2N2.C6H12.C2H6.CH5N/c11-5-1-2-8-6(3-5)7(15)4-9(16-8)10(12,13)14;1-2-4-3-9-10-5(4)6(7)8;1-2-4-6-5-3-1;2*1-2/h3-4H,1-2H2,(H2,15,16);2-3,6H,1H2,(H,9,10);1-6H2;1-2H3;2H2,1H3. The summed E-state index contributed by atoms with van der Waals surface area (Å²) in [7, 11) is 1.50. The van der Waals surface area contributed by atoms with E-state index in [1.54, 1.807) is 6.08 Å². The predicted molar refractivity (Wildman–Crippen MR) is 139 cm³/mol. The molecule has 2 aliphatic rings. The van der Waals surface area contributed by atoms with Gasteiger partial charge >= 0.3 is 6.18 Å². The Kier molecular flexibility index (Phi) is 16.7. The molecule has 0 aromatic carbocycles. The lowest BCUT2D eigenvalue weighted by molar-refractivity contribution is -0.141. The van der Waals surface area contributed by atoms with Gasteiger partial charge in [-0.3, -0.25) is 5.10 Å². The first kappa shape index (κ1) is 33.5. The van der Waals surface area contributed by atoms with Crippen LogP contribution in [0.2, 0.25) is 0 Å². The molecule has 0 aliphatic heterocycles. The van der Waals surface area contributed by atoms with Crippen LogP contribution in [0.4, 0.5) is 27.6 Å². The molecule has 0 atom stereocenters. The smallest absolute Gasteiger partial charge is 0.398 e. The fourth-order valence-corrected chi connectivity index (χ4v) is 3.51. The summed E-state index contributed by atoms with van der Waals surface area (Å²) in [5, 5.41) is 6.21. The lowest BCUT2D eigenvalue weighted by Crippen LogP contribution is -2.13. The highest BCUT2D eigenvalue weighted by Crippen LogP contribution is 2.34. The zero-order valence-electron chi connectivity index (χ0n) is 21.1. The molecule has 0 bridgehead atoms. The summed E-state index contributed by atoms with van der Waals surface area (Å²) in [5.41, 5.74) is 10.2. The van der Waals surface area contributed by atoms with Gasteiger partial charge in [-0.15, -0.1) is 0 Å². The van der Waals surface area contributed by atoms with Crippen LogP contribution in [-0.4, -0.2) is 22.2 Å². The van der Waals surface area contributed by atoms with Crippen molar-refractivity contribution in [3.8, 4) is 0 Å². The van der Waals surface area contributed by atoms with E-state index >= 15 is 0 Å². The Morgan fingerprint density at radius 2 is 1.58 bits per heavy atom. The van der Waals surface area contributed by atoms with Gasteiger partial charge in [-0.2, -0.15) is 18.3 Å². The SMILES string of the molecule is C1CCCCC1.C=Cc1cn[nH]c1C(F)F.CC.CN.Nc1cc(C(F)(F)F)nc2c1C=C(Cl)CC2. The van der Waals surface area contributed by atoms with E-state index in [0.29, 0.717) is 34.7 Å². The molecule has 11 heteroatoms. The van der Waals surface area contributed by atoms with Gasteiger partial charge in [0, 0.05) is 21.8 Å². The molecular weight excluding hydrogens is 501 g/mol. The number of H-pyrrole nitrogens is 1. The number of rotatable bonds is 2. The third kappa shape index (κ3) is 11.5. The van der Waals surface area contributed by atoms with Gasteiger partial charge < -0.3 is 11.5 Å². The van der Waals surface area contributed by atoms with Gasteiger partial charge in [0.1, 0.15) is 11.4 Å². The van der Waals surface area contributed by atoms with E-state index in [0.717, 1.165) is 6.07 Å². The molecule has 0 unspecified atom stereocenters. The van der Waals surface area contributed by atoms with Crippen molar-refractivity contribution in [2.45, 2.75) is 77.8 Å². The Bertz CT molecular complexity index is 911. The van der Waals surface area contributed by atoms with E-state index in [1.165, 1.54) is 57.8 Å². The Morgan fingerprint density at radius 1 is 1.06 bits per heavy atom. The number of allylic oxidation sites excluding steroid dienone is 1. The third-order valence-electron chi connectivity index (χ3n) is 5.00. The van der Waals surface area contributed by atoms with Crippen LogP contribution < -0.4 is 11.5 Å². The molecule has 0 radical (unpaired) electrons. The quantitative estimate of drug-likeness (QED) is 0.337. The highest BCUT2D eigenvalue weighted by Gasteiger charge is 2.34. The third-order valence-corrected chi connectivity index (χ3v) is 5.30. The topological polar surface area (TPSA) is 93.6 Å². The number of hydrogen-bond donors (Lipinski definition) is 3. The summed E-state index contributed by atoms with van der Waals surface area (Å²) >= 11 is 5.80. The number of fused-ring (bicyclic) bond motifs is 1. The summed E-state index contributed by atoms with van der Waals surface area (Å²) in [6.45, 7) is 7.35. The maximum Gasteiger partial charge on any atom is 0.433 e. The number of hydrogen-bond acceptors (Lipinski definition) is 4. The van der Waals surface area contributed by atoms with Gasteiger partial charge in [0.05, 0.1) is 11.9 Å². The number of nitrogen functional groups attached to an aromatic ring is 1. The molecule has 1 saturated carbocycles. The zero-order chi connectivity index (χ0) is 27.7. The number of aromatic amines is 1. The molecule has 0 spiro atoms. The minimum absolute atomic E-state index is 0.0650. The predicted octanol–water partition coefficient (Wildman–Crippen LogP) is 8.14. The van der Waals surface area contributed by atoms with Gasteiger partial charge in [0.15, 0.2) is 0 Å². The number of nitrogens with one attached hydrogen (secondary N) is 1. The van der Waals surface area contributed by atoms with Gasteiger partial charge in [0.25, 0.3) is 6.43 Å². The summed E-state index contributed by atoms with van der Waals surface area (Å²) in [4.78, 5) is 3.57. The number of nitrogens with zero attached hydrogens (tertiary/aromatic N) is 2. The van der Waals surface area contributed by atoms with Gasteiger partial charge in [0.2, 0.25) is 0 Å². The number of pyridine rings is 1. The van der Waals surface area contributed by atoms with Crippen LogP contribution in [0.3, 0.4) is 0 Å². The van der Waals surface area contributed by atoms with Crippen LogP contribution in [-0.2, 0) is 12.6 Å². The number of nitrogens with two attached hydrogens (primary N) is 2. The second-order valence-electron chi connectivity index (χ2n) is 7.41. The van der Waals surface area contributed by atoms with Gasteiger partial charge in [-0.05, 0) is 32.0 Å². The second-order valence-corrected chi connectivity index (χ2v) is 7.90. The van der Waals surface area contributed by atoms with Crippen molar-refractivity contribution in [3.63, 3.8) is 0 Å². The number of halogens is 6. The van der Waals surface area contributed by atoms with Crippen molar-refractivity contribution in [1.82, 2.24) is 15.2 Å². The fourth-order valence-electron chi connectivity index (χ4n) is 3.30. The Hall–Kier alpha value is -2.46. The van der Waals surface area contributed by atoms with Crippen LogP contribution in [0.25, 0.3) is 12.2 Å². The lowest BCUT2D eigenvalue weighted by atomic mass is 10.0. The first-order chi connectivity index (χ1) is 17.1. The summed E-state index contributed by atoms with van der Waals surface area (Å²) in [5.74, 6) is 0. The summed E-state index contributed by atoms with van der Waals surface area (Å²) in [6, 6.07) is 0.838. The van der Waals surface area contributed by atoms with Crippen molar-refractivity contribution in [3.05, 3.63) is 52.1 Å². The van der Waals surface area contributed by atoms with Crippen molar-refractivity contribution in [2.24, 2.45) is 5.73 Å². The Labute approximate surface area is 215 Å². The molecule has 1 fully saturated rings. The molecule has 36 heavy (non-hydrogen) atoms. The average molecular weight is 538 g/mol. The van der Waals surface area contributed by atoms with E-state index in [4.69, 9.17) is 17.3 Å². The highest BCUT2D eigenvalue weighted by molar-refractivity contribution is 6.31. The molecule has 0 amide bonds. The molecule has 2 heterocycles. The molecule has 204 valence electrons. The zero-order valence-corrected chi connectivity index (χ0v) is 21.8. The van der Waals surface area contributed by atoms with Gasteiger partial charge in [-0.1, -0.05) is 76.6 Å².